The van der Waals surface area contributed by atoms with E-state index in [1.807, 2.05) is 0 Å². The van der Waals surface area contributed by atoms with Gasteiger partial charge in [0.25, 0.3) is 0 Å². The maximum absolute atomic E-state index is 11.7. The lowest BCUT2D eigenvalue weighted by Crippen LogP contribution is -2.36. The molecule has 1 aromatic rings. The molecule has 7 nitrogen and oxygen atoms in total. The Morgan fingerprint density at radius 3 is 2.50 bits per heavy atom. The number of carboxylic acid groups (broad SMARTS) is 2. The van der Waals surface area contributed by atoms with Crippen LogP contribution in [-0.2, 0) is 20.8 Å². The Morgan fingerprint density at radius 1 is 1.20 bits per heavy atom. The van der Waals surface area contributed by atoms with Crippen molar-refractivity contribution in [3.8, 4) is 0 Å². The highest BCUT2D eigenvalue weighted by Crippen LogP contribution is 2.12. The molecule has 0 spiro atoms. The zero-order chi connectivity index (χ0) is 15.1. The maximum Gasteiger partial charge on any atom is 0.307 e. The van der Waals surface area contributed by atoms with Crippen LogP contribution in [0.3, 0.4) is 0 Å². The van der Waals surface area contributed by atoms with E-state index in [0.29, 0.717) is 11.3 Å². The second-order valence-corrected chi connectivity index (χ2v) is 4.30. The van der Waals surface area contributed by atoms with Gasteiger partial charge < -0.3 is 21.3 Å². The number of hydrogen-bond donors (Lipinski definition) is 4. The molecule has 0 aliphatic heterocycles. The normalized spacial score (nSPS) is 11.7. The minimum Gasteiger partial charge on any atom is -0.481 e. The maximum atomic E-state index is 11.7. The third-order valence-corrected chi connectivity index (χ3v) is 2.56. The van der Waals surface area contributed by atoms with Crippen molar-refractivity contribution >= 4 is 23.5 Å². The topological polar surface area (TPSA) is 130 Å². The van der Waals surface area contributed by atoms with E-state index in [4.69, 9.17) is 15.9 Å². The summed E-state index contributed by atoms with van der Waals surface area (Å²) in [5.41, 5.74) is 6.54. The van der Waals surface area contributed by atoms with Crippen LogP contribution < -0.4 is 11.1 Å². The molecule has 1 amide bonds. The average Bonchev–Trinajstić information content (AvgIpc) is 2.35. The number of carbonyl (C=O) groups excluding carboxylic acids is 1. The Hall–Kier alpha value is -2.41. The summed E-state index contributed by atoms with van der Waals surface area (Å²) in [7, 11) is 0. The Kier molecular flexibility index (Phi) is 5.67. The lowest BCUT2D eigenvalue weighted by Gasteiger charge is -2.11. The van der Waals surface area contributed by atoms with E-state index in [9.17, 15) is 14.4 Å². The first-order valence-corrected chi connectivity index (χ1v) is 5.97. The van der Waals surface area contributed by atoms with Crippen LogP contribution in [0.5, 0.6) is 0 Å². The summed E-state index contributed by atoms with van der Waals surface area (Å²) in [6.45, 7) is 0. The molecule has 0 aliphatic carbocycles. The summed E-state index contributed by atoms with van der Waals surface area (Å²) in [6, 6.07) is 5.47. The van der Waals surface area contributed by atoms with Crippen molar-refractivity contribution < 1.29 is 24.6 Å². The van der Waals surface area contributed by atoms with Crippen LogP contribution in [0.1, 0.15) is 18.4 Å². The summed E-state index contributed by atoms with van der Waals surface area (Å²) in [5, 5.41) is 19.7. The second kappa shape index (κ2) is 7.25. The van der Waals surface area contributed by atoms with Crippen LogP contribution >= 0.6 is 0 Å². The van der Waals surface area contributed by atoms with Gasteiger partial charge in [0.05, 0.1) is 12.5 Å². The van der Waals surface area contributed by atoms with Crippen LogP contribution in [0.2, 0.25) is 0 Å². The molecular weight excluding hydrogens is 264 g/mol. The van der Waals surface area contributed by atoms with E-state index in [1.54, 1.807) is 18.2 Å². The number of aliphatic carboxylic acids is 2. The second-order valence-electron chi connectivity index (χ2n) is 4.30. The van der Waals surface area contributed by atoms with Gasteiger partial charge in [-0.1, -0.05) is 12.1 Å². The van der Waals surface area contributed by atoms with Crippen molar-refractivity contribution in [2.75, 3.05) is 5.32 Å². The van der Waals surface area contributed by atoms with E-state index < -0.39 is 23.9 Å². The lowest BCUT2D eigenvalue weighted by molar-refractivity contribution is -0.137. The number of amides is 1. The minimum atomic E-state index is -1.02. The molecule has 0 aliphatic rings. The molecule has 0 radical (unpaired) electrons. The van der Waals surface area contributed by atoms with E-state index >= 15 is 0 Å². The fraction of sp³-hybridized carbons (Fsp3) is 0.308. The standard InChI is InChI=1S/C13H16N2O5/c14-10(4-5-11(16)17)13(20)15-9-3-1-2-8(6-9)7-12(18)19/h1-3,6,10H,4-5,7,14H2,(H,15,20)(H,16,17)(H,18,19). The smallest absolute Gasteiger partial charge is 0.307 e. The number of nitrogens with two attached hydrogens (primary N) is 1. The van der Waals surface area contributed by atoms with Crippen molar-refractivity contribution in [1.29, 1.82) is 0 Å². The third-order valence-electron chi connectivity index (χ3n) is 2.56. The number of anilines is 1. The zero-order valence-electron chi connectivity index (χ0n) is 10.7. The summed E-state index contributed by atoms with van der Waals surface area (Å²) >= 11 is 0. The van der Waals surface area contributed by atoms with Gasteiger partial charge in [0, 0.05) is 12.1 Å². The Balaban J connectivity index is 2.61. The number of rotatable bonds is 7. The molecule has 1 aromatic carbocycles. The van der Waals surface area contributed by atoms with Crippen molar-refractivity contribution in [3.05, 3.63) is 29.8 Å². The molecule has 0 heterocycles. The quantitative estimate of drug-likeness (QED) is 0.573. The summed E-state index contributed by atoms with van der Waals surface area (Å²) < 4.78 is 0. The zero-order valence-corrected chi connectivity index (χ0v) is 10.7. The fourth-order valence-electron chi connectivity index (χ4n) is 1.58. The van der Waals surface area contributed by atoms with Gasteiger partial charge in [-0.2, -0.15) is 0 Å². The first-order chi connectivity index (χ1) is 9.38. The van der Waals surface area contributed by atoms with E-state index in [1.165, 1.54) is 6.07 Å². The SMILES string of the molecule is NC(CCC(=O)O)C(=O)Nc1cccc(CC(=O)O)c1. The number of hydrogen-bond acceptors (Lipinski definition) is 4. The lowest BCUT2D eigenvalue weighted by atomic mass is 10.1. The Bertz CT molecular complexity index is 515. The summed E-state index contributed by atoms with van der Waals surface area (Å²) in [4.78, 5) is 32.7. The van der Waals surface area contributed by atoms with Gasteiger partial charge in [0.1, 0.15) is 0 Å². The van der Waals surface area contributed by atoms with Crippen LogP contribution in [-0.4, -0.2) is 34.1 Å². The van der Waals surface area contributed by atoms with Crippen LogP contribution in [0.25, 0.3) is 0 Å². The van der Waals surface area contributed by atoms with Gasteiger partial charge >= 0.3 is 11.9 Å². The Morgan fingerprint density at radius 2 is 1.90 bits per heavy atom. The molecule has 0 saturated carbocycles. The van der Waals surface area contributed by atoms with Gasteiger partial charge in [0.2, 0.25) is 5.91 Å². The van der Waals surface area contributed by atoms with Gasteiger partial charge in [-0.25, -0.2) is 0 Å². The van der Waals surface area contributed by atoms with Crippen LogP contribution in [0.15, 0.2) is 24.3 Å². The molecule has 0 bridgehead atoms. The van der Waals surface area contributed by atoms with Crippen molar-refractivity contribution in [3.63, 3.8) is 0 Å². The average molecular weight is 280 g/mol. The summed E-state index contributed by atoms with van der Waals surface area (Å²) in [6.07, 6.45) is -0.293. The summed E-state index contributed by atoms with van der Waals surface area (Å²) in [5.74, 6) is -2.48. The van der Waals surface area contributed by atoms with Crippen molar-refractivity contribution in [1.82, 2.24) is 0 Å². The predicted octanol–water partition coefficient (Wildman–Crippen LogP) is 0.444. The molecule has 0 saturated heterocycles. The molecule has 0 aromatic heterocycles. The van der Waals surface area contributed by atoms with Gasteiger partial charge in [0.15, 0.2) is 0 Å². The molecule has 1 atom stereocenters. The van der Waals surface area contributed by atoms with Crippen LogP contribution in [0.4, 0.5) is 5.69 Å². The first kappa shape index (κ1) is 15.6. The highest BCUT2D eigenvalue weighted by molar-refractivity contribution is 5.95. The molecular formula is C13H16N2O5. The van der Waals surface area contributed by atoms with Gasteiger partial charge in [-0.05, 0) is 24.1 Å². The van der Waals surface area contributed by atoms with Crippen LogP contribution in [0, 0.1) is 0 Å². The third kappa shape index (κ3) is 5.49. The molecule has 7 heteroatoms. The predicted molar refractivity (Wildman–Crippen MR) is 71.3 cm³/mol. The minimum absolute atomic E-state index is 0.0377. The monoisotopic (exact) mass is 280 g/mol. The van der Waals surface area contributed by atoms with Gasteiger partial charge in [-0.15, -0.1) is 0 Å². The van der Waals surface area contributed by atoms with Crippen molar-refractivity contribution in [2.24, 2.45) is 5.73 Å². The molecule has 108 valence electrons. The van der Waals surface area contributed by atoms with E-state index in [0.717, 1.165) is 0 Å². The molecule has 0 fully saturated rings. The largest absolute Gasteiger partial charge is 0.481 e. The van der Waals surface area contributed by atoms with Crippen molar-refractivity contribution in [2.45, 2.75) is 25.3 Å². The molecule has 1 rings (SSSR count). The highest BCUT2D eigenvalue weighted by atomic mass is 16.4. The fourth-order valence-corrected chi connectivity index (χ4v) is 1.58. The molecule has 20 heavy (non-hydrogen) atoms. The number of carboxylic acids is 2. The number of carbonyl (C=O) groups is 3. The molecule has 1 unspecified atom stereocenters. The number of nitrogens with one attached hydrogen (secondary N) is 1. The van der Waals surface area contributed by atoms with E-state index in [-0.39, 0.29) is 19.3 Å². The van der Waals surface area contributed by atoms with Gasteiger partial charge in [-0.3, -0.25) is 14.4 Å². The number of benzene rings is 1. The Labute approximate surface area is 115 Å². The molecule has 5 N–H and O–H groups in total. The van der Waals surface area contributed by atoms with E-state index in [2.05, 4.69) is 5.32 Å². The first-order valence-electron chi connectivity index (χ1n) is 5.97. The highest BCUT2D eigenvalue weighted by Gasteiger charge is 2.15.